The largest absolute Gasteiger partial charge is 0.508 e. The molecule has 2 rings (SSSR count). The number of nitrogens with one attached hydrogen (secondary N) is 2. The van der Waals surface area contributed by atoms with E-state index in [1.54, 1.807) is 48.5 Å². The lowest BCUT2D eigenvalue weighted by atomic mass is 9.89. The molecule has 0 aromatic heterocycles. The molecular weight excluding hydrogens is 368 g/mol. The average molecular weight is 401 g/mol. The van der Waals surface area contributed by atoms with E-state index in [0.717, 1.165) is 12.8 Å². The second-order valence-corrected chi connectivity index (χ2v) is 7.58. The van der Waals surface area contributed by atoms with Crippen LogP contribution < -0.4 is 10.6 Å². The molecule has 0 aliphatic carbocycles. The minimum atomic E-state index is -0.363. The Hall–Kier alpha value is -3.02. The van der Waals surface area contributed by atoms with Crippen LogP contribution in [0, 0.1) is 11.3 Å². The first-order valence-corrected chi connectivity index (χ1v) is 9.79. The number of hydrogen-bond donors (Lipinski definition) is 4. The van der Waals surface area contributed by atoms with Crippen molar-refractivity contribution in [3.63, 3.8) is 0 Å². The lowest BCUT2D eigenvalue weighted by Gasteiger charge is -2.21. The van der Waals surface area contributed by atoms with E-state index in [4.69, 9.17) is 10.2 Å². The monoisotopic (exact) mass is 400 g/mol. The molecule has 2 aromatic carbocycles. The average Bonchev–Trinajstić information content (AvgIpc) is 2.71. The predicted molar refractivity (Wildman–Crippen MR) is 117 cm³/mol. The molecule has 2 aromatic rings. The normalized spacial score (nSPS) is 11.6. The predicted octanol–water partition coefficient (Wildman–Crippen LogP) is 5.14. The van der Waals surface area contributed by atoms with E-state index in [9.17, 15) is 9.59 Å². The van der Waals surface area contributed by atoms with Crippen LogP contribution in [0.1, 0.15) is 47.5 Å². The van der Waals surface area contributed by atoms with Crippen molar-refractivity contribution in [2.75, 3.05) is 10.6 Å². The molecule has 0 spiro atoms. The molecular formula is C23H32N2O4. The minimum absolute atomic E-state index is 0.00399. The Kier molecular flexibility index (Phi) is 9.19. The van der Waals surface area contributed by atoms with Crippen molar-refractivity contribution in [1.82, 2.24) is 0 Å². The number of hydrogen-bond acceptors (Lipinski definition) is 4. The summed E-state index contributed by atoms with van der Waals surface area (Å²) in [7, 11) is 0. The number of carbonyl (C=O) groups excluding carboxylic acids is 2. The third-order valence-corrected chi connectivity index (χ3v) is 4.82. The lowest BCUT2D eigenvalue weighted by Crippen LogP contribution is -2.29. The van der Waals surface area contributed by atoms with Crippen LogP contribution in [-0.2, 0) is 9.59 Å². The van der Waals surface area contributed by atoms with E-state index in [2.05, 4.69) is 10.6 Å². The van der Waals surface area contributed by atoms with Crippen molar-refractivity contribution >= 4 is 23.2 Å². The molecule has 0 aliphatic rings. The molecule has 0 aliphatic heterocycles. The number of aromatic hydroxyl groups is 2. The van der Waals surface area contributed by atoms with Crippen molar-refractivity contribution in [2.45, 2.75) is 47.5 Å². The van der Waals surface area contributed by atoms with Gasteiger partial charge in [-0.1, -0.05) is 34.6 Å². The maximum atomic E-state index is 11.8. The van der Waals surface area contributed by atoms with E-state index < -0.39 is 0 Å². The van der Waals surface area contributed by atoms with Gasteiger partial charge in [-0.2, -0.15) is 0 Å². The van der Waals surface area contributed by atoms with Gasteiger partial charge in [-0.15, -0.1) is 0 Å². The first-order chi connectivity index (χ1) is 13.6. The van der Waals surface area contributed by atoms with E-state index in [-0.39, 0.29) is 34.6 Å². The van der Waals surface area contributed by atoms with Gasteiger partial charge < -0.3 is 20.8 Å². The third-order valence-electron chi connectivity index (χ3n) is 4.82. The van der Waals surface area contributed by atoms with Crippen LogP contribution in [0.15, 0.2) is 48.5 Å². The zero-order chi connectivity index (χ0) is 22.0. The number of carbonyl (C=O) groups is 2. The fourth-order valence-electron chi connectivity index (χ4n) is 2.00. The zero-order valence-electron chi connectivity index (χ0n) is 17.8. The summed E-state index contributed by atoms with van der Waals surface area (Å²) in [5, 5.41) is 23.7. The second kappa shape index (κ2) is 11.1. The molecule has 0 saturated carbocycles. The van der Waals surface area contributed by atoms with Gasteiger partial charge in [-0.05, 0) is 61.4 Å². The molecule has 4 N–H and O–H groups in total. The Balaban J connectivity index is 0.000000291. The second-order valence-electron chi connectivity index (χ2n) is 7.58. The molecule has 158 valence electrons. The summed E-state index contributed by atoms with van der Waals surface area (Å²) >= 11 is 0. The molecule has 1 unspecified atom stereocenters. The number of rotatable bonds is 6. The van der Waals surface area contributed by atoms with Crippen LogP contribution in [0.5, 0.6) is 11.5 Å². The van der Waals surface area contributed by atoms with Crippen LogP contribution in [0.2, 0.25) is 0 Å². The molecule has 0 bridgehead atoms. The first kappa shape index (κ1) is 24.0. The van der Waals surface area contributed by atoms with E-state index >= 15 is 0 Å². The Labute approximate surface area is 173 Å². The molecule has 2 amide bonds. The highest BCUT2D eigenvalue weighted by Crippen LogP contribution is 2.23. The quantitative estimate of drug-likeness (QED) is 0.504. The minimum Gasteiger partial charge on any atom is -0.508 e. The van der Waals surface area contributed by atoms with Gasteiger partial charge in [0.15, 0.2) is 0 Å². The molecule has 0 saturated heterocycles. The Morgan fingerprint density at radius 2 is 1.28 bits per heavy atom. The molecule has 0 fully saturated rings. The summed E-state index contributed by atoms with van der Waals surface area (Å²) in [5.74, 6) is 0.423. The highest BCUT2D eigenvalue weighted by molar-refractivity contribution is 5.94. The Morgan fingerprint density at radius 1 is 0.862 bits per heavy atom. The SMILES string of the molecule is CCC(C)(C)C(=O)Nc1ccc(O)cc1.CCC(C)C(=O)Nc1ccc(O)cc1. The molecule has 0 heterocycles. The summed E-state index contributed by atoms with van der Waals surface area (Å²) in [4.78, 5) is 23.2. The molecule has 6 nitrogen and oxygen atoms in total. The van der Waals surface area contributed by atoms with Crippen LogP contribution in [0.25, 0.3) is 0 Å². The van der Waals surface area contributed by atoms with Gasteiger partial charge in [0, 0.05) is 22.7 Å². The molecule has 0 radical (unpaired) electrons. The van der Waals surface area contributed by atoms with Crippen molar-refractivity contribution in [3.8, 4) is 11.5 Å². The highest BCUT2D eigenvalue weighted by Gasteiger charge is 2.25. The fraction of sp³-hybridized carbons (Fsp3) is 0.391. The maximum absolute atomic E-state index is 11.8. The Bertz CT molecular complexity index is 784. The summed E-state index contributed by atoms with van der Waals surface area (Å²) in [5.41, 5.74) is 1.06. The van der Waals surface area contributed by atoms with Gasteiger partial charge in [-0.3, -0.25) is 9.59 Å². The number of phenolic OH excluding ortho intramolecular Hbond substituents is 2. The smallest absolute Gasteiger partial charge is 0.230 e. The van der Waals surface area contributed by atoms with Crippen LogP contribution in [0.4, 0.5) is 11.4 Å². The standard InChI is InChI=1S/C12H17NO2.C11H15NO2/c1-4-12(2,3)11(15)13-9-5-7-10(14)8-6-9;1-3-8(2)11(14)12-9-4-6-10(13)7-5-9/h5-8,14H,4H2,1-3H3,(H,13,15);4-8,13H,3H2,1-2H3,(H,12,14). The summed E-state index contributed by atoms with van der Waals surface area (Å²) in [6.07, 6.45) is 1.61. The summed E-state index contributed by atoms with van der Waals surface area (Å²) in [6.45, 7) is 9.65. The number of phenols is 2. The van der Waals surface area contributed by atoms with Gasteiger partial charge in [0.25, 0.3) is 0 Å². The van der Waals surface area contributed by atoms with Crippen LogP contribution in [0.3, 0.4) is 0 Å². The summed E-state index contributed by atoms with van der Waals surface area (Å²) in [6, 6.07) is 12.9. The van der Waals surface area contributed by atoms with E-state index in [0.29, 0.717) is 11.4 Å². The van der Waals surface area contributed by atoms with Crippen LogP contribution >= 0.6 is 0 Å². The van der Waals surface area contributed by atoms with Gasteiger partial charge in [0.05, 0.1) is 0 Å². The van der Waals surface area contributed by atoms with Gasteiger partial charge >= 0.3 is 0 Å². The molecule has 29 heavy (non-hydrogen) atoms. The zero-order valence-corrected chi connectivity index (χ0v) is 17.8. The van der Waals surface area contributed by atoms with Gasteiger partial charge in [0.2, 0.25) is 11.8 Å². The number of amides is 2. The topological polar surface area (TPSA) is 98.7 Å². The van der Waals surface area contributed by atoms with Crippen molar-refractivity contribution < 1.29 is 19.8 Å². The van der Waals surface area contributed by atoms with E-state index in [1.807, 2.05) is 34.6 Å². The lowest BCUT2D eigenvalue weighted by molar-refractivity contribution is -0.124. The molecule has 6 heteroatoms. The fourth-order valence-corrected chi connectivity index (χ4v) is 2.00. The van der Waals surface area contributed by atoms with Gasteiger partial charge in [-0.25, -0.2) is 0 Å². The van der Waals surface area contributed by atoms with Crippen molar-refractivity contribution in [1.29, 1.82) is 0 Å². The highest BCUT2D eigenvalue weighted by atomic mass is 16.3. The first-order valence-electron chi connectivity index (χ1n) is 9.79. The Morgan fingerprint density at radius 3 is 1.66 bits per heavy atom. The maximum Gasteiger partial charge on any atom is 0.230 e. The third kappa shape index (κ3) is 8.25. The summed E-state index contributed by atoms with van der Waals surface area (Å²) < 4.78 is 0. The van der Waals surface area contributed by atoms with E-state index in [1.165, 1.54) is 0 Å². The van der Waals surface area contributed by atoms with Crippen molar-refractivity contribution in [2.24, 2.45) is 11.3 Å². The van der Waals surface area contributed by atoms with Crippen molar-refractivity contribution in [3.05, 3.63) is 48.5 Å². The molecule has 1 atom stereocenters. The number of anilines is 2. The van der Waals surface area contributed by atoms with Crippen LogP contribution in [-0.4, -0.2) is 22.0 Å². The number of benzene rings is 2. The van der Waals surface area contributed by atoms with Gasteiger partial charge in [0.1, 0.15) is 11.5 Å².